The number of Topliss-reactive ketones (excluding diaryl/α,β-unsaturated/α-hetero) is 1. The van der Waals surface area contributed by atoms with Gasteiger partial charge in [-0.05, 0) is 63.0 Å². The second kappa shape index (κ2) is 13.5. The van der Waals surface area contributed by atoms with Gasteiger partial charge in [-0.2, -0.15) is 0 Å². The molecule has 4 aliphatic rings. The predicted molar refractivity (Wildman–Crippen MR) is 171 cm³/mol. The number of carbonyl (C=O) groups excluding carboxylic acids is 3. The second-order valence-corrected chi connectivity index (χ2v) is 14.8. The van der Waals surface area contributed by atoms with Crippen LogP contribution in [0.5, 0.6) is 5.88 Å². The molecular formula is C32H41ClFN5O6S. The number of ether oxygens (including phenoxy) is 1. The summed E-state index contributed by atoms with van der Waals surface area (Å²) in [5.74, 6) is -2.07. The Morgan fingerprint density at radius 1 is 1.17 bits per heavy atom. The van der Waals surface area contributed by atoms with Crippen LogP contribution in [0.15, 0.2) is 30.4 Å². The van der Waals surface area contributed by atoms with Crippen molar-refractivity contribution in [2.75, 3.05) is 6.54 Å². The topological polar surface area (TPSA) is 162 Å². The molecule has 1 aromatic heterocycles. The van der Waals surface area contributed by atoms with E-state index in [0.29, 0.717) is 43.3 Å². The minimum Gasteiger partial charge on any atom is -0.471 e. The summed E-state index contributed by atoms with van der Waals surface area (Å²) in [4.78, 5) is 51.6. The molecule has 3 fully saturated rings. The smallest absolute Gasteiger partial charge is 0.240 e. The lowest BCUT2D eigenvalue weighted by atomic mass is 9.91. The lowest BCUT2D eigenvalue weighted by molar-refractivity contribution is -0.140. The SMILES string of the molecule is CCc1nc2cccc(F)c2nc1O[C@@H]1C[C@H]2C(=O)C[C@]3(C(=O)NS(=O)(=O)C4CC4)C[C@H]3/C=C\CCCCC[C@H](N)C(=O)N2C1.Cl. The summed E-state index contributed by atoms with van der Waals surface area (Å²) in [7, 11) is -3.81. The van der Waals surface area contributed by atoms with Gasteiger partial charge in [0.2, 0.25) is 27.7 Å². The number of rotatable bonds is 6. The van der Waals surface area contributed by atoms with Gasteiger partial charge in [0, 0.05) is 12.8 Å². The van der Waals surface area contributed by atoms with E-state index in [1.807, 2.05) is 19.1 Å². The van der Waals surface area contributed by atoms with Crippen molar-refractivity contribution in [3.8, 4) is 5.88 Å². The van der Waals surface area contributed by atoms with E-state index >= 15 is 0 Å². The number of carbonyl (C=O) groups is 3. The van der Waals surface area contributed by atoms with Crippen molar-refractivity contribution >= 4 is 51.1 Å². The Labute approximate surface area is 274 Å². The van der Waals surface area contributed by atoms with Crippen LogP contribution in [-0.4, -0.2) is 70.9 Å². The number of hydrogen-bond acceptors (Lipinski definition) is 9. The molecule has 3 N–H and O–H groups in total. The van der Waals surface area contributed by atoms with Crippen molar-refractivity contribution in [3.63, 3.8) is 0 Å². The summed E-state index contributed by atoms with van der Waals surface area (Å²) < 4.78 is 48.4. The molecule has 250 valence electrons. The highest BCUT2D eigenvalue weighted by molar-refractivity contribution is 7.90. The number of aromatic nitrogens is 2. The molecule has 3 heterocycles. The number of nitrogens with zero attached hydrogens (tertiary/aromatic N) is 3. The van der Waals surface area contributed by atoms with Gasteiger partial charge in [-0.15, -0.1) is 12.4 Å². The molecule has 0 bridgehead atoms. The molecule has 2 aliphatic carbocycles. The highest BCUT2D eigenvalue weighted by atomic mass is 35.5. The van der Waals surface area contributed by atoms with Gasteiger partial charge in [0.25, 0.3) is 0 Å². The number of fused-ring (bicyclic) bond motifs is 3. The van der Waals surface area contributed by atoms with Crippen LogP contribution in [0.25, 0.3) is 11.0 Å². The summed E-state index contributed by atoms with van der Waals surface area (Å²) in [6.07, 6.45) is 8.74. The number of allylic oxidation sites excluding steroid dienone is 2. The number of nitrogens with two attached hydrogens (primary N) is 1. The first kappa shape index (κ1) is 34.2. The maximum atomic E-state index is 14.6. The monoisotopic (exact) mass is 677 g/mol. The average Bonchev–Trinajstić information content (AvgIpc) is 3.93. The lowest BCUT2D eigenvalue weighted by Crippen LogP contribution is -2.49. The third kappa shape index (κ3) is 6.91. The maximum absolute atomic E-state index is 14.6. The Bertz CT molecular complexity index is 1650. The van der Waals surface area contributed by atoms with Crippen molar-refractivity contribution in [1.29, 1.82) is 0 Å². The average molecular weight is 678 g/mol. The summed E-state index contributed by atoms with van der Waals surface area (Å²) in [5.41, 5.74) is 6.12. The van der Waals surface area contributed by atoms with E-state index in [2.05, 4.69) is 14.7 Å². The van der Waals surface area contributed by atoms with Gasteiger partial charge in [-0.1, -0.05) is 38.0 Å². The zero-order chi connectivity index (χ0) is 31.9. The van der Waals surface area contributed by atoms with Crippen LogP contribution in [0.4, 0.5) is 4.39 Å². The fraction of sp³-hybridized carbons (Fsp3) is 0.594. The molecule has 1 saturated heterocycles. The van der Waals surface area contributed by atoms with Crippen molar-refractivity contribution in [2.24, 2.45) is 17.1 Å². The molecular weight excluding hydrogens is 637 g/mol. The third-order valence-electron chi connectivity index (χ3n) is 9.56. The van der Waals surface area contributed by atoms with Crippen molar-refractivity contribution < 1.29 is 31.9 Å². The maximum Gasteiger partial charge on any atom is 0.240 e. The summed E-state index contributed by atoms with van der Waals surface area (Å²) in [5, 5.41) is -0.578. The molecule has 0 unspecified atom stereocenters. The Balaban J connectivity index is 0.00000417. The molecule has 2 aromatic rings. The largest absolute Gasteiger partial charge is 0.471 e. The van der Waals surface area contributed by atoms with Crippen LogP contribution in [0.1, 0.15) is 76.8 Å². The van der Waals surface area contributed by atoms with E-state index in [-0.39, 0.29) is 60.8 Å². The lowest BCUT2D eigenvalue weighted by Gasteiger charge is -2.27. The normalized spacial score (nSPS) is 29.5. The Morgan fingerprint density at radius 2 is 1.96 bits per heavy atom. The molecule has 14 heteroatoms. The molecule has 11 nitrogen and oxygen atoms in total. The molecule has 0 radical (unpaired) electrons. The number of amides is 2. The molecule has 2 aliphatic heterocycles. The van der Waals surface area contributed by atoms with Gasteiger partial charge >= 0.3 is 0 Å². The van der Waals surface area contributed by atoms with Gasteiger partial charge in [0.15, 0.2) is 11.6 Å². The fourth-order valence-corrected chi connectivity index (χ4v) is 8.02. The van der Waals surface area contributed by atoms with Gasteiger partial charge in [0.1, 0.15) is 17.3 Å². The first-order valence-electron chi connectivity index (χ1n) is 16.0. The zero-order valence-electron chi connectivity index (χ0n) is 25.8. The summed E-state index contributed by atoms with van der Waals surface area (Å²) >= 11 is 0. The number of halogens is 2. The Kier molecular flexibility index (Phi) is 10.0. The molecule has 5 atom stereocenters. The number of ketones is 1. The highest BCUT2D eigenvalue weighted by Crippen LogP contribution is 2.57. The van der Waals surface area contributed by atoms with Crippen LogP contribution < -0.4 is 15.2 Å². The Morgan fingerprint density at radius 3 is 2.70 bits per heavy atom. The van der Waals surface area contributed by atoms with Crippen LogP contribution in [-0.2, 0) is 30.8 Å². The van der Waals surface area contributed by atoms with Gasteiger partial charge < -0.3 is 15.4 Å². The standard InChI is InChI=1S/C32H40FN5O6S.ClH/c1-2-24-29(36-28-22(33)10-8-12-25(28)35-24)44-20-15-26-27(39)17-32(31(41)37-45(42,43)21-13-14-21)16-19(32)9-6-4-3-5-7-11-23(34)30(40)38(26)18-20;/h6,8-10,12,19-21,23,26H,2-5,7,11,13-18,34H2,1H3,(H,37,41);1H/b9-6-;/t19-,20-,23+,26+,32-;/m1./s1. The number of benzene rings is 1. The van der Waals surface area contributed by atoms with E-state index < -0.39 is 50.6 Å². The molecule has 0 spiro atoms. The van der Waals surface area contributed by atoms with Crippen LogP contribution in [0, 0.1) is 17.2 Å². The number of sulfonamides is 1. The minimum atomic E-state index is -3.81. The summed E-state index contributed by atoms with van der Waals surface area (Å²) in [6.45, 7) is 1.93. The number of hydrogen-bond donors (Lipinski definition) is 2. The predicted octanol–water partition coefficient (Wildman–Crippen LogP) is 3.52. The van der Waals surface area contributed by atoms with Crippen LogP contribution in [0.2, 0.25) is 0 Å². The van der Waals surface area contributed by atoms with Gasteiger partial charge in [-0.25, -0.2) is 22.8 Å². The van der Waals surface area contributed by atoms with Gasteiger partial charge in [-0.3, -0.25) is 19.1 Å². The van der Waals surface area contributed by atoms with E-state index in [1.54, 1.807) is 12.1 Å². The third-order valence-corrected chi connectivity index (χ3v) is 11.4. The number of para-hydroxylation sites is 1. The second-order valence-electron chi connectivity index (χ2n) is 12.9. The molecule has 46 heavy (non-hydrogen) atoms. The minimum absolute atomic E-state index is 0. The van der Waals surface area contributed by atoms with E-state index in [4.69, 9.17) is 10.5 Å². The molecule has 1 aromatic carbocycles. The van der Waals surface area contributed by atoms with E-state index in [1.165, 1.54) is 11.0 Å². The van der Waals surface area contributed by atoms with E-state index in [9.17, 15) is 27.2 Å². The van der Waals surface area contributed by atoms with Crippen LogP contribution >= 0.6 is 12.4 Å². The van der Waals surface area contributed by atoms with Gasteiger partial charge in [0.05, 0.1) is 34.8 Å². The van der Waals surface area contributed by atoms with Crippen molar-refractivity contribution in [2.45, 2.75) is 101 Å². The van der Waals surface area contributed by atoms with Crippen LogP contribution in [0.3, 0.4) is 0 Å². The first-order valence-corrected chi connectivity index (χ1v) is 17.5. The van der Waals surface area contributed by atoms with Crippen molar-refractivity contribution in [3.05, 3.63) is 41.9 Å². The van der Waals surface area contributed by atoms with Crippen molar-refractivity contribution in [1.82, 2.24) is 19.6 Å². The molecule has 6 rings (SSSR count). The highest BCUT2D eigenvalue weighted by Gasteiger charge is 2.61. The number of aryl methyl sites for hydroxylation is 1. The van der Waals surface area contributed by atoms with E-state index in [0.717, 1.165) is 25.7 Å². The fourth-order valence-electron chi connectivity index (χ4n) is 6.63. The first-order chi connectivity index (χ1) is 21.5. The quantitative estimate of drug-likeness (QED) is 0.436. The molecule has 2 amide bonds. The number of nitrogens with one attached hydrogen (secondary N) is 1. The Hall–Kier alpha value is -3.16. The zero-order valence-corrected chi connectivity index (χ0v) is 27.5. The summed E-state index contributed by atoms with van der Waals surface area (Å²) in [6, 6.07) is 2.78. The molecule has 2 saturated carbocycles.